The summed E-state index contributed by atoms with van der Waals surface area (Å²) in [6, 6.07) is 0. The Hall–Kier alpha value is -0.935. The van der Waals surface area contributed by atoms with E-state index in [0.717, 1.165) is 11.2 Å². The van der Waals surface area contributed by atoms with Crippen LogP contribution in [0.25, 0.3) is 0 Å². The largest absolute Gasteiger partial charge is 0.362 e. The fourth-order valence-corrected chi connectivity index (χ4v) is 0.670. The lowest BCUT2D eigenvalue weighted by atomic mass is 9.97. The molecule has 1 aromatic heterocycles. The Morgan fingerprint density at radius 3 is 2.64 bits per heavy atom. The van der Waals surface area contributed by atoms with Crippen LogP contribution in [0.1, 0.15) is 17.8 Å². The summed E-state index contributed by atoms with van der Waals surface area (Å²) in [7, 11) is 1.86. The second-order valence-corrected chi connectivity index (χ2v) is 2.37. The van der Waals surface area contributed by atoms with Crippen LogP contribution >= 0.6 is 0 Å². The zero-order valence-electron chi connectivity index (χ0n) is 6.44. The molecule has 0 radical (unpaired) electrons. The fourth-order valence-electron chi connectivity index (χ4n) is 0.670. The molecule has 1 aromatic rings. The summed E-state index contributed by atoms with van der Waals surface area (Å²) in [6.07, 6.45) is -0.00815. The maximum absolute atomic E-state index is 8.67. The van der Waals surface area contributed by atoms with E-state index in [1.165, 1.54) is 0 Å². The molecule has 0 saturated carbocycles. The van der Waals surface area contributed by atoms with Gasteiger partial charge in [-0.15, -0.1) is 0 Å². The van der Waals surface area contributed by atoms with Crippen LogP contribution in [-0.2, 0) is 0 Å². The average Bonchev–Trinajstić information content (AvgIpc) is 1.94. The SMILES string of the molecule is Bc1cnc(C(O)O)nc1C. The van der Waals surface area contributed by atoms with Gasteiger partial charge in [0.2, 0.25) is 6.29 Å². The molecule has 0 amide bonds. The van der Waals surface area contributed by atoms with Crippen molar-refractivity contribution in [2.45, 2.75) is 13.2 Å². The summed E-state index contributed by atoms with van der Waals surface area (Å²) in [6.45, 7) is 1.79. The van der Waals surface area contributed by atoms with Crippen LogP contribution in [0.4, 0.5) is 0 Å². The minimum Gasteiger partial charge on any atom is -0.362 e. The standard InChI is InChI=1S/C6H9BN2O2/c1-3-4(7)2-8-5(9-3)6(10)11/h2,6,10-11H,7H2,1H3. The molecule has 0 aliphatic heterocycles. The number of aliphatic hydroxyl groups excluding tert-OH is 1. The second kappa shape index (κ2) is 2.98. The van der Waals surface area contributed by atoms with E-state index in [4.69, 9.17) is 10.2 Å². The average molecular weight is 152 g/mol. The quantitative estimate of drug-likeness (QED) is 0.361. The highest BCUT2D eigenvalue weighted by Crippen LogP contribution is 2.00. The number of hydrogen-bond acceptors (Lipinski definition) is 4. The lowest BCUT2D eigenvalue weighted by Gasteiger charge is -2.03. The van der Waals surface area contributed by atoms with Gasteiger partial charge in [0, 0.05) is 11.9 Å². The third-order valence-electron chi connectivity index (χ3n) is 1.47. The first-order valence-corrected chi connectivity index (χ1v) is 3.27. The van der Waals surface area contributed by atoms with Crippen LogP contribution in [-0.4, -0.2) is 28.0 Å². The smallest absolute Gasteiger partial charge is 0.214 e. The van der Waals surface area contributed by atoms with E-state index in [-0.39, 0.29) is 5.82 Å². The second-order valence-electron chi connectivity index (χ2n) is 2.37. The highest BCUT2D eigenvalue weighted by atomic mass is 16.5. The number of hydrogen-bond donors (Lipinski definition) is 2. The van der Waals surface area contributed by atoms with E-state index in [1.807, 2.05) is 7.85 Å². The lowest BCUT2D eigenvalue weighted by molar-refractivity contribution is -0.0495. The third kappa shape index (κ3) is 1.75. The van der Waals surface area contributed by atoms with E-state index in [2.05, 4.69) is 9.97 Å². The number of aryl methyl sites for hydroxylation is 1. The summed E-state index contributed by atoms with van der Waals surface area (Å²) >= 11 is 0. The maximum Gasteiger partial charge on any atom is 0.214 e. The minimum atomic E-state index is -1.57. The Balaban J connectivity index is 3.05. The Kier molecular flexibility index (Phi) is 2.21. The predicted octanol–water partition coefficient (Wildman–Crippen LogP) is -1.97. The molecule has 0 bridgehead atoms. The molecular formula is C6H9BN2O2. The van der Waals surface area contributed by atoms with Gasteiger partial charge in [-0.05, 0) is 6.92 Å². The minimum absolute atomic E-state index is 0.0492. The Labute approximate surface area is 65.3 Å². The summed E-state index contributed by atoms with van der Waals surface area (Å²) < 4.78 is 0. The molecule has 58 valence electrons. The summed E-state index contributed by atoms with van der Waals surface area (Å²) in [5.41, 5.74) is 1.71. The van der Waals surface area contributed by atoms with Crippen molar-refractivity contribution in [3.63, 3.8) is 0 Å². The lowest BCUT2D eigenvalue weighted by Crippen LogP contribution is -2.14. The van der Waals surface area contributed by atoms with Crippen molar-refractivity contribution in [2.75, 3.05) is 0 Å². The van der Waals surface area contributed by atoms with Gasteiger partial charge in [0.1, 0.15) is 7.85 Å². The van der Waals surface area contributed by atoms with Crippen molar-refractivity contribution in [2.24, 2.45) is 0 Å². The van der Waals surface area contributed by atoms with Crippen LogP contribution in [0.15, 0.2) is 6.20 Å². The zero-order valence-corrected chi connectivity index (χ0v) is 6.44. The van der Waals surface area contributed by atoms with E-state index in [9.17, 15) is 0 Å². The first-order chi connectivity index (χ1) is 5.11. The van der Waals surface area contributed by atoms with Crippen molar-refractivity contribution in [3.05, 3.63) is 17.7 Å². The molecule has 0 aromatic carbocycles. The molecular weight excluding hydrogens is 143 g/mol. The van der Waals surface area contributed by atoms with Crippen LogP contribution in [0.5, 0.6) is 0 Å². The van der Waals surface area contributed by atoms with E-state index >= 15 is 0 Å². The third-order valence-corrected chi connectivity index (χ3v) is 1.47. The highest BCUT2D eigenvalue weighted by Gasteiger charge is 2.05. The number of nitrogens with zero attached hydrogens (tertiary/aromatic N) is 2. The van der Waals surface area contributed by atoms with Gasteiger partial charge in [-0.1, -0.05) is 5.46 Å². The van der Waals surface area contributed by atoms with Gasteiger partial charge in [-0.3, -0.25) is 0 Å². The highest BCUT2D eigenvalue weighted by molar-refractivity contribution is 6.32. The van der Waals surface area contributed by atoms with E-state index < -0.39 is 6.29 Å². The molecule has 1 heterocycles. The van der Waals surface area contributed by atoms with Crippen molar-refractivity contribution in [1.82, 2.24) is 9.97 Å². The summed E-state index contributed by atoms with van der Waals surface area (Å²) in [5.74, 6) is 0.0492. The van der Waals surface area contributed by atoms with Crippen molar-refractivity contribution in [1.29, 1.82) is 0 Å². The summed E-state index contributed by atoms with van der Waals surface area (Å²) in [5, 5.41) is 17.3. The molecule has 0 spiro atoms. The van der Waals surface area contributed by atoms with Crippen molar-refractivity contribution < 1.29 is 10.2 Å². The molecule has 0 aliphatic rings. The zero-order chi connectivity index (χ0) is 8.43. The van der Waals surface area contributed by atoms with Crippen LogP contribution < -0.4 is 5.46 Å². The molecule has 11 heavy (non-hydrogen) atoms. The molecule has 5 heteroatoms. The van der Waals surface area contributed by atoms with Crippen LogP contribution in [0.3, 0.4) is 0 Å². The fraction of sp³-hybridized carbons (Fsp3) is 0.333. The van der Waals surface area contributed by atoms with Gasteiger partial charge < -0.3 is 10.2 Å². The van der Waals surface area contributed by atoms with Gasteiger partial charge in [-0.2, -0.15) is 0 Å². The number of aliphatic hydroxyl groups is 2. The summed E-state index contributed by atoms with van der Waals surface area (Å²) in [4.78, 5) is 7.59. The Morgan fingerprint density at radius 1 is 1.55 bits per heavy atom. The molecule has 0 saturated heterocycles. The Bertz CT molecular complexity index is 265. The topological polar surface area (TPSA) is 66.2 Å². The van der Waals surface area contributed by atoms with Gasteiger partial charge in [0.15, 0.2) is 5.82 Å². The normalized spacial score (nSPS) is 10.5. The molecule has 4 nitrogen and oxygen atoms in total. The molecule has 0 fully saturated rings. The molecule has 2 N–H and O–H groups in total. The first kappa shape index (κ1) is 8.16. The molecule has 0 unspecified atom stereocenters. The van der Waals surface area contributed by atoms with Crippen molar-refractivity contribution in [3.8, 4) is 0 Å². The maximum atomic E-state index is 8.67. The number of rotatable bonds is 1. The monoisotopic (exact) mass is 152 g/mol. The first-order valence-electron chi connectivity index (χ1n) is 3.27. The number of aromatic nitrogens is 2. The van der Waals surface area contributed by atoms with Gasteiger partial charge >= 0.3 is 0 Å². The molecule has 0 atom stereocenters. The van der Waals surface area contributed by atoms with Gasteiger partial charge in [0.25, 0.3) is 0 Å². The predicted molar refractivity (Wildman–Crippen MR) is 42.1 cm³/mol. The molecule has 0 aliphatic carbocycles. The van der Waals surface area contributed by atoms with Crippen molar-refractivity contribution >= 4 is 13.3 Å². The van der Waals surface area contributed by atoms with Gasteiger partial charge in [-0.25, -0.2) is 9.97 Å². The van der Waals surface area contributed by atoms with Gasteiger partial charge in [0.05, 0.1) is 0 Å². The van der Waals surface area contributed by atoms with E-state index in [0.29, 0.717) is 0 Å². The Morgan fingerprint density at radius 2 is 2.18 bits per heavy atom. The molecule has 1 rings (SSSR count). The van der Waals surface area contributed by atoms with E-state index in [1.54, 1.807) is 13.1 Å². The van der Waals surface area contributed by atoms with Crippen LogP contribution in [0, 0.1) is 6.92 Å². The van der Waals surface area contributed by atoms with Crippen LogP contribution in [0.2, 0.25) is 0 Å².